The molecule has 0 radical (unpaired) electrons. The Morgan fingerprint density at radius 3 is 2.65 bits per heavy atom. The highest BCUT2D eigenvalue weighted by Crippen LogP contribution is 2.27. The molecule has 2 aliphatic rings. The van der Waals surface area contributed by atoms with Gasteiger partial charge in [-0.25, -0.2) is 4.98 Å². The summed E-state index contributed by atoms with van der Waals surface area (Å²) in [4.78, 5) is 25.5. The number of fused-ring (bicyclic) bond motifs is 1. The first-order chi connectivity index (χ1) is 12.8. The Labute approximate surface area is 153 Å². The predicted molar refractivity (Wildman–Crippen MR) is 99.4 cm³/mol. The molecule has 4 rings (SSSR count). The molecule has 6 heteroatoms. The van der Waals surface area contributed by atoms with E-state index in [1.54, 1.807) is 12.4 Å². The molecule has 26 heavy (non-hydrogen) atoms. The lowest BCUT2D eigenvalue weighted by Gasteiger charge is -2.35. The van der Waals surface area contributed by atoms with Gasteiger partial charge in [-0.2, -0.15) is 0 Å². The Bertz CT molecular complexity index is 758. The van der Waals surface area contributed by atoms with Crippen LogP contribution < -0.4 is 9.64 Å². The maximum Gasteiger partial charge on any atom is 0.260 e. The maximum atomic E-state index is 12.5. The molecular weight excluding hydrogens is 328 g/mol. The van der Waals surface area contributed by atoms with Gasteiger partial charge >= 0.3 is 0 Å². The number of carbonyl (C=O) groups excluding carboxylic acids is 1. The van der Waals surface area contributed by atoms with Gasteiger partial charge in [-0.05, 0) is 43.9 Å². The highest BCUT2D eigenvalue weighted by atomic mass is 16.5. The number of pyridine rings is 2. The monoisotopic (exact) mass is 352 g/mol. The molecule has 0 N–H and O–H groups in total. The standard InChI is InChI=1S/C20H24N4O2/c25-20(15-26-18-8-10-21-17-6-2-1-5-16(17)18)24-13-11-23(12-14-24)19-7-3-4-9-22-19/h3-4,7-10H,1-2,5-6,11-15H2. The van der Waals surface area contributed by atoms with E-state index >= 15 is 0 Å². The minimum atomic E-state index is 0.0482. The van der Waals surface area contributed by atoms with Crippen LogP contribution in [0.2, 0.25) is 0 Å². The van der Waals surface area contributed by atoms with Crippen LogP contribution >= 0.6 is 0 Å². The Balaban J connectivity index is 1.31. The van der Waals surface area contributed by atoms with E-state index in [1.165, 1.54) is 18.4 Å². The Hall–Kier alpha value is -2.63. The van der Waals surface area contributed by atoms with Crippen molar-refractivity contribution < 1.29 is 9.53 Å². The summed E-state index contributed by atoms with van der Waals surface area (Å²) in [5.74, 6) is 1.85. The second kappa shape index (κ2) is 7.72. The molecular formula is C20H24N4O2. The average Bonchev–Trinajstić information content (AvgIpc) is 2.73. The number of aromatic nitrogens is 2. The first kappa shape index (κ1) is 16.8. The van der Waals surface area contributed by atoms with E-state index in [0.29, 0.717) is 13.1 Å². The smallest absolute Gasteiger partial charge is 0.260 e. The first-order valence-electron chi connectivity index (χ1n) is 9.34. The lowest BCUT2D eigenvalue weighted by atomic mass is 9.95. The van der Waals surface area contributed by atoms with E-state index in [4.69, 9.17) is 4.74 Å². The number of aryl methyl sites for hydroxylation is 1. The van der Waals surface area contributed by atoms with Crippen molar-refractivity contribution >= 4 is 11.7 Å². The predicted octanol–water partition coefficient (Wildman–Crippen LogP) is 2.08. The van der Waals surface area contributed by atoms with E-state index in [2.05, 4.69) is 14.9 Å². The summed E-state index contributed by atoms with van der Waals surface area (Å²) in [5, 5.41) is 0. The minimum absolute atomic E-state index is 0.0482. The van der Waals surface area contributed by atoms with Crippen molar-refractivity contribution in [1.29, 1.82) is 0 Å². The first-order valence-corrected chi connectivity index (χ1v) is 9.34. The number of anilines is 1. The zero-order valence-electron chi connectivity index (χ0n) is 14.9. The van der Waals surface area contributed by atoms with Crippen molar-refractivity contribution in [2.24, 2.45) is 0 Å². The number of amides is 1. The lowest BCUT2D eigenvalue weighted by Crippen LogP contribution is -2.50. The third-order valence-corrected chi connectivity index (χ3v) is 5.15. The van der Waals surface area contributed by atoms with Crippen LogP contribution in [0.1, 0.15) is 24.1 Å². The fourth-order valence-corrected chi connectivity index (χ4v) is 3.68. The summed E-state index contributed by atoms with van der Waals surface area (Å²) >= 11 is 0. The number of piperazine rings is 1. The van der Waals surface area contributed by atoms with Gasteiger partial charge in [0.25, 0.3) is 5.91 Å². The van der Waals surface area contributed by atoms with Crippen molar-refractivity contribution in [2.45, 2.75) is 25.7 Å². The normalized spacial score (nSPS) is 16.9. The van der Waals surface area contributed by atoms with Crippen molar-refractivity contribution in [2.75, 3.05) is 37.7 Å². The zero-order valence-corrected chi connectivity index (χ0v) is 14.9. The van der Waals surface area contributed by atoms with Crippen molar-refractivity contribution in [3.8, 4) is 5.75 Å². The molecule has 1 amide bonds. The molecule has 1 aliphatic carbocycles. The summed E-state index contributed by atoms with van der Waals surface area (Å²) < 4.78 is 5.87. The van der Waals surface area contributed by atoms with Crippen LogP contribution in [0.4, 0.5) is 5.82 Å². The molecule has 2 aromatic rings. The molecule has 1 aliphatic heterocycles. The number of nitrogens with zero attached hydrogens (tertiary/aromatic N) is 4. The van der Waals surface area contributed by atoms with Crippen LogP contribution in [0.25, 0.3) is 0 Å². The third-order valence-electron chi connectivity index (χ3n) is 5.15. The van der Waals surface area contributed by atoms with E-state index < -0.39 is 0 Å². The van der Waals surface area contributed by atoms with Gasteiger partial charge in [0.2, 0.25) is 0 Å². The van der Waals surface area contributed by atoms with Crippen LogP contribution in [0.5, 0.6) is 5.75 Å². The van der Waals surface area contributed by atoms with Gasteiger partial charge in [-0.3, -0.25) is 9.78 Å². The Morgan fingerprint density at radius 2 is 1.85 bits per heavy atom. The molecule has 3 heterocycles. The van der Waals surface area contributed by atoms with Crippen LogP contribution in [0.15, 0.2) is 36.7 Å². The van der Waals surface area contributed by atoms with Crippen molar-refractivity contribution in [3.63, 3.8) is 0 Å². The summed E-state index contributed by atoms with van der Waals surface area (Å²) in [6.07, 6.45) is 7.94. The molecule has 1 saturated heterocycles. The highest BCUT2D eigenvalue weighted by molar-refractivity contribution is 5.78. The van der Waals surface area contributed by atoms with Crippen LogP contribution in [0.3, 0.4) is 0 Å². The van der Waals surface area contributed by atoms with Gasteiger partial charge in [0.05, 0.1) is 0 Å². The van der Waals surface area contributed by atoms with Gasteiger partial charge in [0.15, 0.2) is 6.61 Å². The summed E-state index contributed by atoms with van der Waals surface area (Å²) in [6.45, 7) is 3.10. The van der Waals surface area contributed by atoms with Gasteiger partial charge < -0.3 is 14.5 Å². The van der Waals surface area contributed by atoms with E-state index in [0.717, 1.165) is 43.2 Å². The summed E-state index contributed by atoms with van der Waals surface area (Å²) in [6, 6.07) is 7.80. The van der Waals surface area contributed by atoms with E-state index in [-0.39, 0.29) is 12.5 Å². The maximum absolute atomic E-state index is 12.5. The molecule has 0 unspecified atom stereocenters. The Kier molecular flexibility index (Phi) is 5.00. The second-order valence-electron chi connectivity index (χ2n) is 6.79. The van der Waals surface area contributed by atoms with Gasteiger partial charge in [0, 0.05) is 49.8 Å². The topological polar surface area (TPSA) is 58.6 Å². The van der Waals surface area contributed by atoms with Crippen LogP contribution in [0, 0.1) is 0 Å². The summed E-state index contributed by atoms with van der Waals surface area (Å²) in [5.41, 5.74) is 2.32. The third kappa shape index (κ3) is 3.64. The fraction of sp³-hybridized carbons (Fsp3) is 0.450. The van der Waals surface area contributed by atoms with E-state index in [9.17, 15) is 4.79 Å². The van der Waals surface area contributed by atoms with E-state index in [1.807, 2.05) is 29.2 Å². The zero-order chi connectivity index (χ0) is 17.8. The van der Waals surface area contributed by atoms with Crippen molar-refractivity contribution in [1.82, 2.24) is 14.9 Å². The molecule has 2 aromatic heterocycles. The van der Waals surface area contributed by atoms with Crippen LogP contribution in [-0.4, -0.2) is 53.6 Å². The molecule has 1 fully saturated rings. The molecule has 0 spiro atoms. The SMILES string of the molecule is O=C(COc1ccnc2c1CCCC2)N1CCN(c2ccccn2)CC1. The van der Waals surface area contributed by atoms with Crippen molar-refractivity contribution in [3.05, 3.63) is 47.9 Å². The van der Waals surface area contributed by atoms with Gasteiger partial charge in [-0.15, -0.1) is 0 Å². The molecule has 136 valence electrons. The minimum Gasteiger partial charge on any atom is -0.483 e. The number of rotatable bonds is 4. The van der Waals surface area contributed by atoms with Gasteiger partial charge in [0.1, 0.15) is 11.6 Å². The number of carbonyl (C=O) groups is 1. The fourth-order valence-electron chi connectivity index (χ4n) is 3.68. The lowest BCUT2D eigenvalue weighted by molar-refractivity contribution is -0.133. The molecule has 6 nitrogen and oxygen atoms in total. The number of hydrogen-bond acceptors (Lipinski definition) is 5. The largest absolute Gasteiger partial charge is 0.483 e. The number of ether oxygens (including phenoxy) is 1. The molecule has 0 saturated carbocycles. The average molecular weight is 352 g/mol. The van der Waals surface area contributed by atoms with Gasteiger partial charge in [-0.1, -0.05) is 6.07 Å². The quantitative estimate of drug-likeness (QED) is 0.843. The van der Waals surface area contributed by atoms with Crippen LogP contribution in [-0.2, 0) is 17.6 Å². The Morgan fingerprint density at radius 1 is 1.00 bits per heavy atom. The molecule has 0 bridgehead atoms. The molecule has 0 aromatic carbocycles. The number of hydrogen-bond donors (Lipinski definition) is 0. The summed E-state index contributed by atoms with van der Waals surface area (Å²) in [7, 11) is 0. The second-order valence-corrected chi connectivity index (χ2v) is 6.79. The highest BCUT2D eigenvalue weighted by Gasteiger charge is 2.23. The molecule has 0 atom stereocenters.